The Bertz CT molecular complexity index is 3460. The number of nitrogens with zero attached hydrogens (tertiary/aromatic N) is 3. The molecule has 0 aliphatic carbocycles. The van der Waals surface area contributed by atoms with E-state index >= 15 is 0 Å². The van der Waals surface area contributed by atoms with E-state index in [1.165, 1.54) is 32.8 Å². The fourth-order valence-electron chi connectivity index (χ4n) is 8.82. The summed E-state index contributed by atoms with van der Waals surface area (Å²) in [5.41, 5.74) is 13.9. The molecule has 0 radical (unpaired) electrons. The fourth-order valence-corrected chi connectivity index (χ4v) is 8.82. The van der Waals surface area contributed by atoms with E-state index in [-0.39, 0.29) is 0 Å². The highest BCUT2D eigenvalue weighted by Gasteiger charge is 2.22. The van der Waals surface area contributed by atoms with Crippen LogP contribution in [0.5, 0.6) is 0 Å². The van der Waals surface area contributed by atoms with Crippen LogP contribution in [0.4, 0.5) is 0 Å². The van der Waals surface area contributed by atoms with Gasteiger partial charge < -0.3 is 13.6 Å². The summed E-state index contributed by atoms with van der Waals surface area (Å²) in [6.07, 6.45) is 0. The summed E-state index contributed by atoms with van der Waals surface area (Å²) in [5.74, 6) is 0. The Labute approximate surface area is 315 Å². The van der Waals surface area contributed by atoms with Gasteiger partial charge in [0.25, 0.3) is 0 Å². The number of aromatic nitrogens is 3. The number of hydrogen-bond acceptors (Lipinski definition) is 2. The summed E-state index contributed by atoms with van der Waals surface area (Å²) in [7, 11) is 0. The molecule has 4 aromatic heterocycles. The van der Waals surface area contributed by atoms with Crippen LogP contribution in [-0.4, -0.2) is 14.1 Å². The summed E-state index contributed by atoms with van der Waals surface area (Å²) in [6, 6.07) is 67.1. The van der Waals surface area contributed by atoms with Gasteiger partial charge >= 0.3 is 0 Å². The Morgan fingerprint density at radius 2 is 1.02 bits per heavy atom. The van der Waals surface area contributed by atoms with Crippen LogP contribution >= 0.6 is 0 Å². The standard InChI is InChI=1S/C51H31N3O/c1-3-13-32(14-4-1)41-30-45(52-44-20-10-7-17-36(41)44)33-23-25-35(26-24-33)54-48-31-47-42(37-18-8-11-21-46(37)53(47)34-15-5-2-6-16-34)29-43(48)39-27-28-40-38-19-9-12-22-49(38)55-51(40)50(39)54/h1-31H. The topological polar surface area (TPSA) is 35.9 Å². The molecule has 0 atom stereocenters. The van der Waals surface area contributed by atoms with Crippen LogP contribution in [-0.2, 0) is 0 Å². The van der Waals surface area contributed by atoms with Gasteiger partial charge in [0.05, 0.1) is 33.3 Å². The van der Waals surface area contributed by atoms with E-state index in [4.69, 9.17) is 9.40 Å². The van der Waals surface area contributed by atoms with Crippen molar-refractivity contribution in [3.8, 4) is 33.8 Å². The summed E-state index contributed by atoms with van der Waals surface area (Å²) < 4.78 is 11.5. The second-order valence-electron chi connectivity index (χ2n) is 14.3. The normalized spacial score (nSPS) is 12.0. The predicted molar refractivity (Wildman–Crippen MR) is 229 cm³/mol. The number of fused-ring (bicyclic) bond motifs is 11. The molecule has 0 unspecified atom stereocenters. The van der Waals surface area contributed by atoms with Gasteiger partial charge in [-0.15, -0.1) is 0 Å². The zero-order chi connectivity index (χ0) is 36.0. The number of benzene rings is 8. The van der Waals surface area contributed by atoms with Gasteiger partial charge in [0, 0.05) is 54.6 Å². The highest BCUT2D eigenvalue weighted by molar-refractivity contribution is 6.24. The van der Waals surface area contributed by atoms with Crippen LogP contribution in [0.1, 0.15) is 0 Å². The highest BCUT2D eigenvalue weighted by Crippen LogP contribution is 2.44. The Hall–Kier alpha value is -7.43. The number of rotatable bonds is 4. The Balaban J connectivity index is 1.14. The zero-order valence-corrected chi connectivity index (χ0v) is 29.6. The minimum atomic E-state index is 0.889. The van der Waals surface area contributed by atoms with Crippen LogP contribution < -0.4 is 0 Å². The molecule has 4 nitrogen and oxygen atoms in total. The molecule has 0 aliphatic heterocycles. The lowest BCUT2D eigenvalue weighted by Gasteiger charge is -2.12. The summed E-state index contributed by atoms with van der Waals surface area (Å²) >= 11 is 0. The molecule has 256 valence electrons. The first-order valence-electron chi connectivity index (χ1n) is 18.7. The second kappa shape index (κ2) is 11.5. The maximum Gasteiger partial charge on any atom is 0.160 e. The molecule has 55 heavy (non-hydrogen) atoms. The SMILES string of the molecule is c1ccc(-c2cc(-c3ccc(-n4c5cc6c(cc5c5ccc7c8ccccc8oc7c54)c4ccccc4n6-c4ccccc4)cc3)nc3ccccc23)cc1. The van der Waals surface area contributed by atoms with Gasteiger partial charge in [-0.1, -0.05) is 121 Å². The highest BCUT2D eigenvalue weighted by atomic mass is 16.3. The quantitative estimate of drug-likeness (QED) is 0.183. The van der Waals surface area contributed by atoms with Crippen molar-refractivity contribution in [2.75, 3.05) is 0 Å². The van der Waals surface area contributed by atoms with Crippen molar-refractivity contribution in [3.05, 3.63) is 188 Å². The van der Waals surface area contributed by atoms with Gasteiger partial charge in [0.1, 0.15) is 5.58 Å². The summed E-state index contributed by atoms with van der Waals surface area (Å²) in [5, 5.41) is 8.18. The number of hydrogen-bond donors (Lipinski definition) is 0. The van der Waals surface area contributed by atoms with E-state index in [2.05, 4.69) is 191 Å². The molecular formula is C51H31N3O. The molecule has 0 saturated heterocycles. The zero-order valence-electron chi connectivity index (χ0n) is 29.6. The lowest BCUT2D eigenvalue weighted by molar-refractivity contribution is 0.671. The maximum atomic E-state index is 6.75. The van der Waals surface area contributed by atoms with Crippen molar-refractivity contribution in [2.24, 2.45) is 0 Å². The van der Waals surface area contributed by atoms with Crippen LogP contribution in [0.15, 0.2) is 192 Å². The molecule has 12 aromatic rings. The van der Waals surface area contributed by atoms with Crippen LogP contribution in [0.2, 0.25) is 0 Å². The molecule has 12 rings (SSSR count). The van der Waals surface area contributed by atoms with Crippen molar-refractivity contribution in [1.82, 2.24) is 14.1 Å². The van der Waals surface area contributed by atoms with Gasteiger partial charge in [-0.3, -0.25) is 0 Å². The Morgan fingerprint density at radius 1 is 0.382 bits per heavy atom. The Kier molecular flexibility index (Phi) is 6.31. The van der Waals surface area contributed by atoms with Gasteiger partial charge in [-0.25, -0.2) is 4.98 Å². The van der Waals surface area contributed by atoms with Gasteiger partial charge in [-0.2, -0.15) is 0 Å². The van der Waals surface area contributed by atoms with Crippen molar-refractivity contribution < 1.29 is 4.42 Å². The molecule has 0 spiro atoms. The smallest absolute Gasteiger partial charge is 0.160 e. The third kappa shape index (κ3) is 4.43. The summed E-state index contributed by atoms with van der Waals surface area (Å²) in [4.78, 5) is 5.16. The third-order valence-corrected chi connectivity index (χ3v) is 11.3. The molecule has 8 aromatic carbocycles. The first-order valence-corrected chi connectivity index (χ1v) is 18.7. The number of furan rings is 1. The summed E-state index contributed by atoms with van der Waals surface area (Å²) in [6.45, 7) is 0. The van der Waals surface area contributed by atoms with Crippen LogP contribution in [0.25, 0.3) is 110 Å². The Morgan fingerprint density at radius 3 is 1.85 bits per heavy atom. The van der Waals surface area contributed by atoms with E-state index < -0.39 is 0 Å². The van der Waals surface area contributed by atoms with E-state index in [1.54, 1.807) is 0 Å². The van der Waals surface area contributed by atoms with Crippen molar-refractivity contribution in [3.63, 3.8) is 0 Å². The van der Waals surface area contributed by atoms with E-state index in [9.17, 15) is 0 Å². The molecule has 0 saturated carbocycles. The second-order valence-corrected chi connectivity index (χ2v) is 14.3. The minimum Gasteiger partial charge on any atom is -0.454 e. The van der Waals surface area contributed by atoms with Crippen molar-refractivity contribution >= 4 is 76.5 Å². The van der Waals surface area contributed by atoms with Crippen molar-refractivity contribution in [2.45, 2.75) is 0 Å². The van der Waals surface area contributed by atoms with Gasteiger partial charge in [-0.05, 0) is 77.9 Å². The van der Waals surface area contributed by atoms with E-state index in [0.717, 1.165) is 77.4 Å². The van der Waals surface area contributed by atoms with Gasteiger partial charge in [0.2, 0.25) is 0 Å². The lowest BCUT2D eigenvalue weighted by atomic mass is 9.98. The first kappa shape index (κ1) is 30.1. The van der Waals surface area contributed by atoms with Gasteiger partial charge in [0.15, 0.2) is 5.58 Å². The number of pyridine rings is 1. The fraction of sp³-hybridized carbons (Fsp3) is 0. The average Bonchev–Trinajstić information content (AvgIpc) is 3.90. The van der Waals surface area contributed by atoms with Crippen molar-refractivity contribution in [1.29, 1.82) is 0 Å². The third-order valence-electron chi connectivity index (χ3n) is 11.3. The average molecular weight is 702 g/mol. The van der Waals surface area contributed by atoms with Crippen LogP contribution in [0, 0.1) is 0 Å². The monoisotopic (exact) mass is 701 g/mol. The molecule has 0 fully saturated rings. The molecule has 0 aliphatic rings. The molecular weight excluding hydrogens is 671 g/mol. The molecule has 4 heterocycles. The maximum absolute atomic E-state index is 6.75. The largest absolute Gasteiger partial charge is 0.454 e. The minimum absolute atomic E-state index is 0.889. The van der Waals surface area contributed by atoms with E-state index in [1.807, 2.05) is 6.07 Å². The predicted octanol–water partition coefficient (Wildman–Crippen LogP) is 13.7. The molecule has 0 bridgehead atoms. The molecule has 0 N–H and O–H groups in total. The molecule has 0 amide bonds. The number of para-hydroxylation sites is 4. The molecule has 4 heteroatoms. The lowest BCUT2D eigenvalue weighted by Crippen LogP contribution is -1.96. The van der Waals surface area contributed by atoms with E-state index in [0.29, 0.717) is 0 Å². The van der Waals surface area contributed by atoms with Crippen LogP contribution in [0.3, 0.4) is 0 Å². The first-order chi connectivity index (χ1) is 27.3.